The molecule has 23 heavy (non-hydrogen) atoms. The molecule has 0 unspecified atom stereocenters. The van der Waals surface area contributed by atoms with Crippen LogP contribution in [-0.4, -0.2) is 19.5 Å². The normalized spacial score (nSPS) is 11.2. The van der Waals surface area contributed by atoms with Crippen molar-refractivity contribution in [3.8, 4) is 0 Å². The zero-order valence-electron chi connectivity index (χ0n) is 12.4. The topological polar surface area (TPSA) is 83.5 Å². The lowest BCUT2D eigenvalue weighted by Crippen LogP contribution is -2.14. The highest BCUT2D eigenvalue weighted by atomic mass is 32.2. The van der Waals surface area contributed by atoms with Crippen LogP contribution in [0, 0.1) is 12.7 Å². The first kappa shape index (κ1) is 17.0. The first-order chi connectivity index (χ1) is 10.8. The lowest BCUT2D eigenvalue weighted by Gasteiger charge is -2.11. The number of rotatable bonds is 6. The summed E-state index contributed by atoms with van der Waals surface area (Å²) >= 11 is 0. The van der Waals surface area contributed by atoms with Gasteiger partial charge in [-0.25, -0.2) is 12.8 Å². The molecule has 0 aliphatic rings. The predicted molar refractivity (Wildman–Crippen MR) is 84.3 cm³/mol. The standard InChI is InChI=1S/C16H16FNO4S/c1-11-2-6-13(17)10-15(11)18-23(21,22)14-7-3-12(4-8-14)5-9-16(19)20/h2-4,6-8,10,18H,5,9H2,1H3,(H,19,20). The molecule has 2 rings (SSSR count). The summed E-state index contributed by atoms with van der Waals surface area (Å²) in [4.78, 5) is 10.6. The van der Waals surface area contributed by atoms with E-state index >= 15 is 0 Å². The van der Waals surface area contributed by atoms with Crippen molar-refractivity contribution in [2.45, 2.75) is 24.7 Å². The fourth-order valence-electron chi connectivity index (χ4n) is 1.99. The average molecular weight is 337 g/mol. The molecule has 122 valence electrons. The third kappa shape index (κ3) is 4.53. The Morgan fingerprint density at radius 3 is 2.43 bits per heavy atom. The van der Waals surface area contributed by atoms with Crippen LogP contribution in [0.5, 0.6) is 0 Å². The van der Waals surface area contributed by atoms with Gasteiger partial charge in [0.25, 0.3) is 10.0 Å². The van der Waals surface area contributed by atoms with Gasteiger partial charge in [-0.2, -0.15) is 0 Å². The predicted octanol–water partition coefficient (Wildman–Crippen LogP) is 2.95. The molecule has 7 heteroatoms. The first-order valence-corrected chi connectivity index (χ1v) is 8.36. The van der Waals surface area contributed by atoms with Crippen molar-refractivity contribution in [1.82, 2.24) is 0 Å². The van der Waals surface area contributed by atoms with E-state index in [0.717, 1.165) is 11.6 Å². The number of hydrogen-bond acceptors (Lipinski definition) is 3. The summed E-state index contributed by atoms with van der Waals surface area (Å²) in [6, 6.07) is 9.79. The number of sulfonamides is 1. The SMILES string of the molecule is Cc1ccc(F)cc1NS(=O)(=O)c1ccc(CCC(=O)O)cc1. The van der Waals surface area contributed by atoms with E-state index in [1.165, 1.54) is 24.3 Å². The lowest BCUT2D eigenvalue weighted by molar-refractivity contribution is -0.136. The molecule has 0 saturated carbocycles. The summed E-state index contributed by atoms with van der Waals surface area (Å²) in [5.41, 5.74) is 1.52. The maximum atomic E-state index is 13.2. The van der Waals surface area contributed by atoms with E-state index in [1.807, 2.05) is 0 Å². The molecule has 2 aromatic rings. The molecule has 0 atom stereocenters. The molecule has 5 nitrogen and oxygen atoms in total. The summed E-state index contributed by atoms with van der Waals surface area (Å²) in [5, 5.41) is 8.63. The van der Waals surface area contributed by atoms with E-state index < -0.39 is 21.8 Å². The van der Waals surface area contributed by atoms with Crippen molar-refractivity contribution in [3.05, 3.63) is 59.4 Å². The minimum absolute atomic E-state index is 0.0210. The number of nitrogens with one attached hydrogen (secondary N) is 1. The number of aliphatic carboxylic acids is 1. The van der Waals surface area contributed by atoms with Crippen LogP contribution in [0.3, 0.4) is 0 Å². The number of carboxylic acids is 1. The molecule has 2 N–H and O–H groups in total. The quantitative estimate of drug-likeness (QED) is 0.849. The Bertz CT molecular complexity index is 816. The molecule has 0 aromatic heterocycles. The van der Waals surface area contributed by atoms with E-state index in [4.69, 9.17) is 5.11 Å². The molecule has 0 heterocycles. The summed E-state index contributed by atoms with van der Waals surface area (Å²) < 4.78 is 40.2. The van der Waals surface area contributed by atoms with Crippen molar-refractivity contribution in [2.24, 2.45) is 0 Å². The van der Waals surface area contributed by atoms with Gasteiger partial charge in [0.15, 0.2) is 0 Å². The van der Waals surface area contributed by atoms with Gasteiger partial charge < -0.3 is 5.11 Å². The zero-order valence-corrected chi connectivity index (χ0v) is 13.2. The van der Waals surface area contributed by atoms with Gasteiger partial charge in [0.1, 0.15) is 5.82 Å². The molecule has 0 aliphatic carbocycles. The summed E-state index contributed by atoms with van der Waals surface area (Å²) in [6.07, 6.45) is 0.304. The van der Waals surface area contributed by atoms with Gasteiger partial charge in [-0.15, -0.1) is 0 Å². The number of aryl methyl sites for hydroxylation is 2. The first-order valence-electron chi connectivity index (χ1n) is 6.87. The van der Waals surface area contributed by atoms with Gasteiger partial charge >= 0.3 is 5.97 Å². The highest BCUT2D eigenvalue weighted by Gasteiger charge is 2.15. The molecule has 0 bridgehead atoms. The molecular weight excluding hydrogens is 321 g/mol. The smallest absolute Gasteiger partial charge is 0.303 e. The number of anilines is 1. The average Bonchev–Trinajstić information content (AvgIpc) is 2.49. The van der Waals surface area contributed by atoms with E-state index in [2.05, 4.69) is 4.72 Å². The molecule has 0 spiro atoms. The molecule has 2 aromatic carbocycles. The number of carboxylic acid groups (broad SMARTS) is 1. The van der Waals surface area contributed by atoms with Gasteiger partial charge in [-0.05, 0) is 48.7 Å². The van der Waals surface area contributed by atoms with Crippen molar-refractivity contribution in [1.29, 1.82) is 0 Å². The van der Waals surface area contributed by atoms with Crippen LogP contribution in [0.4, 0.5) is 10.1 Å². The molecule has 0 fully saturated rings. The molecular formula is C16H16FNO4S. The van der Waals surface area contributed by atoms with Crippen LogP contribution in [0.2, 0.25) is 0 Å². The maximum Gasteiger partial charge on any atom is 0.303 e. The van der Waals surface area contributed by atoms with Crippen LogP contribution in [0.15, 0.2) is 47.4 Å². The summed E-state index contributed by atoms with van der Waals surface area (Å²) in [6.45, 7) is 1.67. The second-order valence-electron chi connectivity index (χ2n) is 5.10. The van der Waals surface area contributed by atoms with Crippen molar-refractivity contribution in [3.63, 3.8) is 0 Å². The van der Waals surface area contributed by atoms with E-state index in [1.54, 1.807) is 19.1 Å². The Kier molecular flexibility index (Phi) is 5.00. The highest BCUT2D eigenvalue weighted by molar-refractivity contribution is 7.92. The Hall–Kier alpha value is -2.41. The van der Waals surface area contributed by atoms with Gasteiger partial charge in [-0.3, -0.25) is 9.52 Å². The third-order valence-electron chi connectivity index (χ3n) is 3.31. The van der Waals surface area contributed by atoms with Crippen LogP contribution in [0.25, 0.3) is 0 Å². The summed E-state index contributed by atoms with van der Waals surface area (Å²) in [5.74, 6) is -1.44. The number of halogens is 1. The monoisotopic (exact) mass is 337 g/mol. The lowest BCUT2D eigenvalue weighted by atomic mass is 10.1. The minimum Gasteiger partial charge on any atom is -0.481 e. The van der Waals surface area contributed by atoms with Gasteiger partial charge in [0.05, 0.1) is 10.6 Å². The Balaban J connectivity index is 2.19. The largest absolute Gasteiger partial charge is 0.481 e. The molecule has 0 aliphatic heterocycles. The van der Waals surface area contributed by atoms with Crippen molar-refractivity contribution < 1.29 is 22.7 Å². The van der Waals surface area contributed by atoms with Crippen LogP contribution in [-0.2, 0) is 21.2 Å². The fraction of sp³-hybridized carbons (Fsp3) is 0.188. The van der Waals surface area contributed by atoms with E-state index in [9.17, 15) is 17.6 Å². The van der Waals surface area contributed by atoms with Crippen molar-refractivity contribution in [2.75, 3.05) is 4.72 Å². The Morgan fingerprint density at radius 1 is 1.17 bits per heavy atom. The van der Waals surface area contributed by atoms with Gasteiger partial charge in [-0.1, -0.05) is 18.2 Å². The van der Waals surface area contributed by atoms with Crippen LogP contribution >= 0.6 is 0 Å². The second-order valence-corrected chi connectivity index (χ2v) is 6.78. The second kappa shape index (κ2) is 6.78. The third-order valence-corrected chi connectivity index (χ3v) is 4.69. The highest BCUT2D eigenvalue weighted by Crippen LogP contribution is 2.21. The van der Waals surface area contributed by atoms with E-state index in [0.29, 0.717) is 12.0 Å². The van der Waals surface area contributed by atoms with Gasteiger partial charge in [0.2, 0.25) is 0 Å². The number of carbonyl (C=O) groups is 1. The zero-order chi connectivity index (χ0) is 17.0. The minimum atomic E-state index is -3.83. The number of benzene rings is 2. The Morgan fingerprint density at radius 2 is 1.83 bits per heavy atom. The van der Waals surface area contributed by atoms with Gasteiger partial charge in [0, 0.05) is 6.42 Å². The maximum absolute atomic E-state index is 13.2. The van der Waals surface area contributed by atoms with Crippen LogP contribution < -0.4 is 4.72 Å². The fourth-order valence-corrected chi connectivity index (χ4v) is 3.12. The van der Waals surface area contributed by atoms with E-state index in [-0.39, 0.29) is 17.0 Å². The van der Waals surface area contributed by atoms with Crippen LogP contribution in [0.1, 0.15) is 17.5 Å². The molecule has 0 amide bonds. The molecule has 0 saturated heterocycles. The number of hydrogen-bond donors (Lipinski definition) is 2. The van der Waals surface area contributed by atoms with Crippen molar-refractivity contribution >= 4 is 21.7 Å². The molecule has 0 radical (unpaired) electrons. The Labute approximate surface area is 133 Å². The summed E-state index contributed by atoms with van der Waals surface area (Å²) in [7, 11) is -3.83.